The fraction of sp³-hybridized carbons (Fsp3) is 1.00. The van der Waals surface area contributed by atoms with Gasteiger partial charge in [0.25, 0.3) is 0 Å². The maximum absolute atomic E-state index is 5.82. The molecule has 0 radical (unpaired) electrons. The van der Waals surface area contributed by atoms with Crippen LogP contribution in [0.1, 0.15) is 25.7 Å². The van der Waals surface area contributed by atoms with Crippen LogP contribution < -0.4 is 5.73 Å². The van der Waals surface area contributed by atoms with E-state index < -0.39 is 0 Å². The van der Waals surface area contributed by atoms with Gasteiger partial charge in [0.2, 0.25) is 0 Å². The molecular formula is C7H13N. The van der Waals surface area contributed by atoms with Crippen molar-refractivity contribution in [1.82, 2.24) is 0 Å². The Morgan fingerprint density at radius 3 is 2.25 bits per heavy atom. The minimum Gasteiger partial charge on any atom is -0.327 e. The maximum atomic E-state index is 5.82. The Morgan fingerprint density at radius 2 is 2.00 bits per heavy atom. The largest absolute Gasteiger partial charge is 0.327 e. The highest BCUT2D eigenvalue weighted by Gasteiger charge is 2.36. The summed E-state index contributed by atoms with van der Waals surface area (Å²) >= 11 is 0. The van der Waals surface area contributed by atoms with Crippen LogP contribution in [-0.4, -0.2) is 6.04 Å². The van der Waals surface area contributed by atoms with Crippen LogP contribution in [0.5, 0.6) is 0 Å². The zero-order valence-electron chi connectivity index (χ0n) is 5.14. The van der Waals surface area contributed by atoms with Crippen LogP contribution in [0.2, 0.25) is 0 Å². The summed E-state index contributed by atoms with van der Waals surface area (Å²) in [5.74, 6) is 1.94. The van der Waals surface area contributed by atoms with Crippen molar-refractivity contribution < 1.29 is 0 Å². The summed E-state index contributed by atoms with van der Waals surface area (Å²) in [5, 5.41) is 0. The lowest BCUT2D eigenvalue weighted by Gasteiger charge is -2.15. The van der Waals surface area contributed by atoms with Crippen LogP contribution in [0, 0.1) is 11.8 Å². The predicted octanol–water partition coefficient (Wildman–Crippen LogP) is 1.13. The van der Waals surface area contributed by atoms with Crippen LogP contribution >= 0.6 is 0 Å². The number of fused-ring (bicyclic) bond motifs is 2. The van der Waals surface area contributed by atoms with Gasteiger partial charge in [-0.3, -0.25) is 0 Å². The molecule has 1 heteroatoms. The van der Waals surface area contributed by atoms with Gasteiger partial charge >= 0.3 is 0 Å². The monoisotopic (exact) mass is 111 g/mol. The van der Waals surface area contributed by atoms with Crippen molar-refractivity contribution in [3.05, 3.63) is 0 Å². The quantitative estimate of drug-likeness (QED) is 0.498. The van der Waals surface area contributed by atoms with Crippen molar-refractivity contribution >= 4 is 0 Å². The van der Waals surface area contributed by atoms with E-state index in [0.29, 0.717) is 6.04 Å². The SMILES string of the molecule is N[C@H]1C[C@H]2CC[C@H]1C2. The summed E-state index contributed by atoms with van der Waals surface area (Å²) in [7, 11) is 0. The van der Waals surface area contributed by atoms with E-state index >= 15 is 0 Å². The molecule has 1 nitrogen and oxygen atoms in total. The normalized spacial score (nSPS) is 52.9. The molecule has 8 heavy (non-hydrogen) atoms. The number of hydrogen-bond donors (Lipinski definition) is 1. The summed E-state index contributed by atoms with van der Waals surface area (Å²) in [6, 6.07) is 0.578. The smallest absolute Gasteiger partial charge is 0.00699 e. The first-order valence-electron chi connectivity index (χ1n) is 3.62. The summed E-state index contributed by atoms with van der Waals surface area (Å²) < 4.78 is 0. The molecule has 0 aliphatic heterocycles. The lowest BCUT2D eigenvalue weighted by molar-refractivity contribution is 0.418. The van der Waals surface area contributed by atoms with E-state index in [9.17, 15) is 0 Å². The molecule has 0 amide bonds. The van der Waals surface area contributed by atoms with E-state index in [-0.39, 0.29) is 0 Å². The van der Waals surface area contributed by atoms with E-state index in [0.717, 1.165) is 11.8 Å². The second kappa shape index (κ2) is 1.47. The Morgan fingerprint density at radius 1 is 1.12 bits per heavy atom. The zero-order chi connectivity index (χ0) is 5.56. The van der Waals surface area contributed by atoms with Crippen molar-refractivity contribution in [2.24, 2.45) is 17.6 Å². The summed E-state index contributed by atoms with van der Waals surface area (Å²) in [5.41, 5.74) is 5.82. The topological polar surface area (TPSA) is 26.0 Å². The predicted molar refractivity (Wildman–Crippen MR) is 33.4 cm³/mol. The van der Waals surface area contributed by atoms with Gasteiger partial charge in [-0.1, -0.05) is 6.42 Å². The molecule has 0 aromatic carbocycles. The third kappa shape index (κ3) is 0.510. The molecule has 3 atom stereocenters. The van der Waals surface area contributed by atoms with Gasteiger partial charge in [0.1, 0.15) is 0 Å². The van der Waals surface area contributed by atoms with E-state index in [2.05, 4.69) is 0 Å². The molecule has 0 heterocycles. The molecule has 2 aliphatic rings. The number of rotatable bonds is 0. The minimum absolute atomic E-state index is 0.578. The van der Waals surface area contributed by atoms with Gasteiger partial charge in [-0.25, -0.2) is 0 Å². The first-order valence-corrected chi connectivity index (χ1v) is 3.62. The Bertz CT molecular complexity index is 98.6. The Kier molecular flexibility index (Phi) is 0.884. The van der Waals surface area contributed by atoms with Gasteiger partial charge in [-0.2, -0.15) is 0 Å². The van der Waals surface area contributed by atoms with Crippen molar-refractivity contribution in [2.45, 2.75) is 31.7 Å². The lowest BCUT2D eigenvalue weighted by Crippen LogP contribution is -2.26. The third-order valence-electron chi connectivity index (χ3n) is 2.79. The average Bonchev–Trinajstić information content (AvgIpc) is 2.23. The standard InChI is InChI=1S/C7H13N/c8-7-4-5-1-2-6(7)3-5/h5-7H,1-4,8H2/t5-,6-,7-/m0/s1. The van der Waals surface area contributed by atoms with Gasteiger partial charge in [-0.05, 0) is 31.1 Å². The fourth-order valence-electron chi connectivity index (χ4n) is 2.29. The highest BCUT2D eigenvalue weighted by atomic mass is 14.7. The molecule has 2 saturated carbocycles. The summed E-state index contributed by atoms with van der Waals surface area (Å²) in [6.45, 7) is 0. The molecule has 0 unspecified atom stereocenters. The van der Waals surface area contributed by atoms with Gasteiger partial charge in [0, 0.05) is 6.04 Å². The zero-order valence-corrected chi connectivity index (χ0v) is 5.14. The Labute approximate surface area is 50.3 Å². The van der Waals surface area contributed by atoms with E-state index in [1.54, 1.807) is 0 Å². The average molecular weight is 111 g/mol. The second-order valence-electron chi connectivity index (χ2n) is 3.34. The van der Waals surface area contributed by atoms with Crippen molar-refractivity contribution in [3.8, 4) is 0 Å². The molecule has 2 fully saturated rings. The summed E-state index contributed by atoms with van der Waals surface area (Å²) in [4.78, 5) is 0. The van der Waals surface area contributed by atoms with Crippen LogP contribution in [0.25, 0.3) is 0 Å². The summed E-state index contributed by atoms with van der Waals surface area (Å²) in [6.07, 6.45) is 5.66. The lowest BCUT2D eigenvalue weighted by atomic mass is 9.96. The second-order valence-corrected chi connectivity index (χ2v) is 3.34. The van der Waals surface area contributed by atoms with Crippen molar-refractivity contribution in [1.29, 1.82) is 0 Å². The molecule has 0 spiro atoms. The van der Waals surface area contributed by atoms with Crippen molar-refractivity contribution in [2.75, 3.05) is 0 Å². The van der Waals surface area contributed by atoms with E-state index in [1.165, 1.54) is 25.7 Å². The molecule has 0 aromatic heterocycles. The molecule has 2 rings (SSSR count). The highest BCUT2D eigenvalue weighted by Crippen LogP contribution is 2.43. The van der Waals surface area contributed by atoms with Crippen LogP contribution in [0.15, 0.2) is 0 Å². The van der Waals surface area contributed by atoms with Crippen LogP contribution in [0.4, 0.5) is 0 Å². The van der Waals surface area contributed by atoms with Gasteiger partial charge in [0.05, 0.1) is 0 Å². The molecule has 2 bridgehead atoms. The van der Waals surface area contributed by atoms with E-state index in [1.807, 2.05) is 0 Å². The minimum atomic E-state index is 0.578. The molecule has 2 N–H and O–H groups in total. The van der Waals surface area contributed by atoms with Gasteiger partial charge in [-0.15, -0.1) is 0 Å². The van der Waals surface area contributed by atoms with Crippen LogP contribution in [0.3, 0.4) is 0 Å². The van der Waals surface area contributed by atoms with Gasteiger partial charge < -0.3 is 5.73 Å². The Balaban J connectivity index is 2.11. The number of nitrogens with two attached hydrogens (primary N) is 1. The first-order chi connectivity index (χ1) is 3.86. The number of hydrogen-bond acceptors (Lipinski definition) is 1. The highest BCUT2D eigenvalue weighted by molar-refractivity contribution is 4.91. The fourth-order valence-corrected chi connectivity index (χ4v) is 2.29. The molecule has 2 aliphatic carbocycles. The third-order valence-corrected chi connectivity index (χ3v) is 2.79. The molecule has 0 aromatic rings. The first kappa shape index (κ1) is 4.80. The maximum Gasteiger partial charge on any atom is 0.00699 e. The Hall–Kier alpha value is -0.0400. The van der Waals surface area contributed by atoms with Gasteiger partial charge in [0.15, 0.2) is 0 Å². The van der Waals surface area contributed by atoms with Crippen LogP contribution in [-0.2, 0) is 0 Å². The van der Waals surface area contributed by atoms with Crippen molar-refractivity contribution in [3.63, 3.8) is 0 Å². The van der Waals surface area contributed by atoms with E-state index in [4.69, 9.17) is 5.73 Å². The molecule has 0 saturated heterocycles. The molecular weight excluding hydrogens is 98.1 g/mol. The molecule has 46 valence electrons.